The first-order valence-electron chi connectivity index (χ1n) is 21.2. The standard InChI is InChI=1S/C55H42F6S/c1-3-4-12-38-32(2)49(39-13-5-6-14-40(39)50(38)33-21-26-36(27-22-33)54(56,57)58)35-25-30-47-46(31-35)53-45(19-11-20-48(53)62-47)52-43-17-9-7-15-41(43)51(42-16-8-10-18-44(42)52)34-23-28-37(29-24-34)55(59,60)61/h5-11,13-26,28-31,36,39-40H,3-4,12,27H2,1-2H3. The molecular weight excluding hydrogens is 807 g/mol. The molecule has 3 aliphatic rings. The number of fused-ring (bicyclic) bond motifs is 6. The highest BCUT2D eigenvalue weighted by molar-refractivity contribution is 7.26. The van der Waals surface area contributed by atoms with Gasteiger partial charge in [0, 0.05) is 32.0 Å². The lowest BCUT2D eigenvalue weighted by Gasteiger charge is -2.38. The number of rotatable bonds is 7. The van der Waals surface area contributed by atoms with Gasteiger partial charge >= 0.3 is 12.4 Å². The first kappa shape index (κ1) is 40.2. The quantitative estimate of drug-likeness (QED) is 0.111. The summed E-state index contributed by atoms with van der Waals surface area (Å²) in [5.41, 5.74) is 9.94. The van der Waals surface area contributed by atoms with Crippen LogP contribution in [0.4, 0.5) is 26.3 Å². The number of alkyl halides is 6. The Morgan fingerprint density at radius 2 is 1.26 bits per heavy atom. The minimum atomic E-state index is -4.43. The molecule has 3 aliphatic carbocycles. The van der Waals surface area contributed by atoms with Crippen molar-refractivity contribution in [1.82, 2.24) is 0 Å². The Labute approximate surface area is 360 Å². The number of hydrogen-bond donors (Lipinski definition) is 0. The van der Waals surface area contributed by atoms with Crippen LogP contribution in [-0.4, -0.2) is 6.18 Å². The fourth-order valence-corrected chi connectivity index (χ4v) is 11.4. The SMILES string of the molecule is CCCCC1=C(C2=CCC(C(F)(F)F)C=C2)C2C=CC=CC2C(c2ccc3sc4cccc(-c5c6ccccc6c(-c6ccc(C(F)(F)F)cc6)c6ccccc56)c4c3c2)=C1C. The smallest absolute Gasteiger partial charge is 0.170 e. The molecule has 0 fully saturated rings. The van der Waals surface area contributed by atoms with Crippen molar-refractivity contribution in [2.45, 2.75) is 51.9 Å². The second-order valence-corrected chi connectivity index (χ2v) is 17.7. The summed E-state index contributed by atoms with van der Waals surface area (Å²) in [6, 6.07) is 35.1. The van der Waals surface area contributed by atoms with Gasteiger partial charge in [0.15, 0.2) is 0 Å². The number of allylic oxidation sites excluding steroid dienone is 12. The van der Waals surface area contributed by atoms with Crippen LogP contribution in [0.25, 0.3) is 69.5 Å². The molecule has 0 spiro atoms. The topological polar surface area (TPSA) is 0 Å². The van der Waals surface area contributed by atoms with Crippen molar-refractivity contribution in [3.8, 4) is 22.3 Å². The maximum Gasteiger partial charge on any atom is 0.416 e. The second kappa shape index (κ2) is 15.5. The fraction of sp³-hybridized carbons (Fsp3) is 0.200. The number of thiophene rings is 1. The van der Waals surface area contributed by atoms with Crippen LogP contribution in [-0.2, 0) is 6.18 Å². The van der Waals surface area contributed by atoms with E-state index in [1.165, 1.54) is 22.8 Å². The third-order valence-electron chi connectivity index (χ3n) is 13.1. The van der Waals surface area contributed by atoms with Crippen molar-refractivity contribution < 1.29 is 26.3 Å². The molecule has 0 saturated heterocycles. The molecule has 3 unspecified atom stereocenters. The van der Waals surface area contributed by atoms with Crippen LogP contribution in [0.15, 0.2) is 174 Å². The van der Waals surface area contributed by atoms with Gasteiger partial charge in [-0.25, -0.2) is 0 Å². The summed E-state index contributed by atoms with van der Waals surface area (Å²) in [4.78, 5) is 0. The molecule has 10 rings (SSSR count). The molecule has 0 saturated carbocycles. The van der Waals surface area contributed by atoms with Crippen LogP contribution in [0.2, 0.25) is 0 Å². The molecule has 0 nitrogen and oxygen atoms in total. The second-order valence-electron chi connectivity index (χ2n) is 16.7. The summed E-state index contributed by atoms with van der Waals surface area (Å²) in [5.74, 6) is -1.48. The van der Waals surface area contributed by atoms with Crippen molar-refractivity contribution in [2.75, 3.05) is 0 Å². The lowest BCUT2D eigenvalue weighted by molar-refractivity contribution is -0.160. The molecule has 62 heavy (non-hydrogen) atoms. The van der Waals surface area contributed by atoms with Gasteiger partial charge in [-0.1, -0.05) is 135 Å². The summed E-state index contributed by atoms with van der Waals surface area (Å²) < 4.78 is 84.5. The first-order chi connectivity index (χ1) is 29.9. The molecule has 7 heteroatoms. The van der Waals surface area contributed by atoms with Gasteiger partial charge in [-0.3, -0.25) is 0 Å². The Kier molecular flexibility index (Phi) is 10.0. The third kappa shape index (κ3) is 6.76. The zero-order valence-electron chi connectivity index (χ0n) is 34.2. The molecule has 0 amide bonds. The predicted octanol–water partition coefficient (Wildman–Crippen LogP) is 17.4. The van der Waals surface area contributed by atoms with Gasteiger partial charge in [-0.2, -0.15) is 26.3 Å². The van der Waals surface area contributed by atoms with E-state index in [9.17, 15) is 26.3 Å². The zero-order chi connectivity index (χ0) is 42.9. The molecule has 1 aromatic heterocycles. The van der Waals surface area contributed by atoms with E-state index >= 15 is 0 Å². The molecular formula is C55H42F6S. The van der Waals surface area contributed by atoms with E-state index in [-0.39, 0.29) is 18.3 Å². The Balaban J connectivity index is 1.18. The third-order valence-corrected chi connectivity index (χ3v) is 14.2. The zero-order valence-corrected chi connectivity index (χ0v) is 35.0. The summed E-state index contributed by atoms with van der Waals surface area (Å²) in [5, 5.41) is 6.25. The number of hydrogen-bond acceptors (Lipinski definition) is 1. The number of benzene rings is 6. The Morgan fingerprint density at radius 3 is 1.85 bits per heavy atom. The van der Waals surface area contributed by atoms with Gasteiger partial charge in [0.2, 0.25) is 0 Å². The molecule has 0 aliphatic heterocycles. The van der Waals surface area contributed by atoms with Crippen LogP contribution >= 0.6 is 11.3 Å². The van der Waals surface area contributed by atoms with E-state index in [0.717, 1.165) is 112 Å². The molecule has 1 heterocycles. The maximum atomic E-state index is 13.7. The van der Waals surface area contributed by atoms with Gasteiger partial charge in [-0.05, 0) is 134 Å². The van der Waals surface area contributed by atoms with Crippen LogP contribution in [0.3, 0.4) is 0 Å². The van der Waals surface area contributed by atoms with Gasteiger partial charge in [0.25, 0.3) is 0 Å². The minimum Gasteiger partial charge on any atom is -0.170 e. The number of halogens is 6. The predicted molar refractivity (Wildman–Crippen MR) is 246 cm³/mol. The van der Waals surface area contributed by atoms with Crippen molar-refractivity contribution in [1.29, 1.82) is 0 Å². The highest BCUT2D eigenvalue weighted by Crippen LogP contribution is 2.53. The van der Waals surface area contributed by atoms with E-state index < -0.39 is 23.8 Å². The molecule has 0 radical (unpaired) electrons. The lowest BCUT2D eigenvalue weighted by atomic mass is 9.65. The Hall–Kier alpha value is -5.92. The summed E-state index contributed by atoms with van der Waals surface area (Å²) in [6.07, 6.45) is 7.55. The monoisotopic (exact) mass is 848 g/mol. The highest BCUT2D eigenvalue weighted by Gasteiger charge is 2.40. The average Bonchev–Trinajstić information content (AvgIpc) is 3.65. The van der Waals surface area contributed by atoms with Crippen molar-refractivity contribution in [2.24, 2.45) is 17.8 Å². The van der Waals surface area contributed by atoms with Gasteiger partial charge in [-0.15, -0.1) is 11.3 Å². The van der Waals surface area contributed by atoms with E-state index in [4.69, 9.17) is 0 Å². The van der Waals surface area contributed by atoms with Gasteiger partial charge < -0.3 is 0 Å². The normalized spacial score (nSPS) is 19.4. The largest absolute Gasteiger partial charge is 0.416 e. The van der Waals surface area contributed by atoms with E-state index in [1.807, 2.05) is 24.3 Å². The Morgan fingerprint density at radius 1 is 0.629 bits per heavy atom. The first-order valence-corrected chi connectivity index (χ1v) is 22.1. The average molecular weight is 849 g/mol. The van der Waals surface area contributed by atoms with Gasteiger partial charge in [0.05, 0.1) is 11.5 Å². The molecule has 310 valence electrons. The van der Waals surface area contributed by atoms with Crippen molar-refractivity contribution in [3.63, 3.8) is 0 Å². The highest BCUT2D eigenvalue weighted by atomic mass is 32.1. The Bertz CT molecular complexity index is 3070. The molecule has 0 N–H and O–H groups in total. The van der Waals surface area contributed by atoms with Crippen molar-refractivity contribution >= 4 is 58.6 Å². The van der Waals surface area contributed by atoms with Crippen LogP contribution in [0.1, 0.15) is 50.7 Å². The van der Waals surface area contributed by atoms with E-state index in [1.54, 1.807) is 35.6 Å². The molecule has 3 atom stereocenters. The fourth-order valence-electron chi connectivity index (χ4n) is 10.2. The van der Waals surface area contributed by atoms with Gasteiger partial charge in [0.1, 0.15) is 0 Å². The summed E-state index contributed by atoms with van der Waals surface area (Å²) >= 11 is 1.76. The summed E-state index contributed by atoms with van der Waals surface area (Å²) in [6.45, 7) is 4.37. The van der Waals surface area contributed by atoms with E-state index in [2.05, 4.69) is 98.8 Å². The molecule has 7 aromatic rings. The summed E-state index contributed by atoms with van der Waals surface area (Å²) in [7, 11) is 0. The van der Waals surface area contributed by atoms with Crippen LogP contribution in [0, 0.1) is 17.8 Å². The maximum absolute atomic E-state index is 13.7. The minimum absolute atomic E-state index is 0.00228. The molecule has 0 bridgehead atoms. The molecule has 6 aromatic carbocycles. The number of unbranched alkanes of at least 4 members (excludes halogenated alkanes) is 1. The lowest BCUT2D eigenvalue weighted by Crippen LogP contribution is -2.26. The van der Waals surface area contributed by atoms with Crippen molar-refractivity contribution in [3.05, 3.63) is 185 Å². The van der Waals surface area contributed by atoms with Crippen LogP contribution in [0.5, 0.6) is 0 Å². The van der Waals surface area contributed by atoms with Crippen LogP contribution < -0.4 is 0 Å². The van der Waals surface area contributed by atoms with E-state index in [0.29, 0.717) is 0 Å².